The molecule has 0 aliphatic heterocycles. The van der Waals surface area contributed by atoms with Crippen molar-refractivity contribution in [3.05, 3.63) is 95.0 Å². The standard InChI is InChI=1S/C30H36ClN3O5S/c1-4-32-30(36)28(20-23-11-6-5-7-12-23)33(22-24-13-8-14-25(31)19-24)29(35)17-10-18-34(40(3,37)38)26-15-9-16-27(21-26)39-2/h5-9,11-16,19,21,28H,4,10,17-18,20,22H2,1-3H3,(H,32,36). The van der Waals surface area contributed by atoms with Crippen molar-refractivity contribution >= 4 is 39.1 Å². The lowest BCUT2D eigenvalue weighted by Gasteiger charge is -2.32. The highest BCUT2D eigenvalue weighted by Gasteiger charge is 2.30. The summed E-state index contributed by atoms with van der Waals surface area (Å²) in [7, 11) is -2.11. The molecular formula is C30H36ClN3O5S. The van der Waals surface area contributed by atoms with Gasteiger partial charge in [-0.05, 0) is 48.7 Å². The Hall–Kier alpha value is -3.56. The predicted octanol–water partition coefficient (Wildman–Crippen LogP) is 4.67. The molecule has 8 nitrogen and oxygen atoms in total. The third-order valence-electron chi connectivity index (χ3n) is 6.36. The number of nitrogens with zero attached hydrogens (tertiary/aromatic N) is 2. The van der Waals surface area contributed by atoms with Gasteiger partial charge in [-0.3, -0.25) is 13.9 Å². The smallest absolute Gasteiger partial charge is 0.243 e. The molecule has 214 valence electrons. The molecule has 2 amide bonds. The summed E-state index contributed by atoms with van der Waals surface area (Å²) in [5, 5.41) is 3.40. The van der Waals surface area contributed by atoms with Crippen molar-refractivity contribution in [2.24, 2.45) is 0 Å². The molecule has 0 bridgehead atoms. The number of anilines is 1. The largest absolute Gasteiger partial charge is 0.497 e. The topological polar surface area (TPSA) is 96.0 Å². The van der Waals surface area contributed by atoms with Gasteiger partial charge in [0.2, 0.25) is 21.8 Å². The van der Waals surface area contributed by atoms with Crippen LogP contribution < -0.4 is 14.4 Å². The molecule has 1 N–H and O–H groups in total. The van der Waals surface area contributed by atoms with Gasteiger partial charge in [-0.2, -0.15) is 0 Å². The number of sulfonamides is 1. The van der Waals surface area contributed by atoms with Crippen molar-refractivity contribution in [3.8, 4) is 5.75 Å². The minimum atomic E-state index is -3.62. The summed E-state index contributed by atoms with van der Waals surface area (Å²) in [4.78, 5) is 28.6. The average molecular weight is 586 g/mol. The molecule has 0 saturated heterocycles. The Bertz CT molecular complexity index is 1380. The summed E-state index contributed by atoms with van der Waals surface area (Å²) < 4.78 is 31.7. The van der Waals surface area contributed by atoms with Crippen molar-refractivity contribution in [3.63, 3.8) is 0 Å². The average Bonchev–Trinajstić information content (AvgIpc) is 2.93. The lowest BCUT2D eigenvalue weighted by Crippen LogP contribution is -2.50. The highest BCUT2D eigenvalue weighted by atomic mass is 35.5. The van der Waals surface area contributed by atoms with Crippen LogP contribution in [-0.2, 0) is 32.6 Å². The van der Waals surface area contributed by atoms with Gasteiger partial charge >= 0.3 is 0 Å². The predicted molar refractivity (Wildman–Crippen MR) is 159 cm³/mol. The molecule has 0 fully saturated rings. The minimum absolute atomic E-state index is 0.0429. The van der Waals surface area contributed by atoms with Crippen LogP contribution in [0.1, 0.15) is 30.9 Å². The minimum Gasteiger partial charge on any atom is -0.497 e. The van der Waals surface area contributed by atoms with Crippen LogP contribution in [0.5, 0.6) is 5.75 Å². The van der Waals surface area contributed by atoms with E-state index in [-0.39, 0.29) is 37.7 Å². The fraction of sp³-hybridized carbons (Fsp3) is 0.333. The maximum Gasteiger partial charge on any atom is 0.243 e. The van der Waals surface area contributed by atoms with Crippen molar-refractivity contribution < 1.29 is 22.7 Å². The Balaban J connectivity index is 1.86. The molecule has 3 aromatic carbocycles. The summed E-state index contributed by atoms with van der Waals surface area (Å²) in [5.74, 6) is 0.0164. The highest BCUT2D eigenvalue weighted by Crippen LogP contribution is 2.24. The van der Waals surface area contributed by atoms with Gasteiger partial charge in [0.15, 0.2) is 0 Å². The molecule has 0 heterocycles. The molecule has 0 aromatic heterocycles. The van der Waals surface area contributed by atoms with Crippen LogP contribution >= 0.6 is 11.6 Å². The number of ether oxygens (including phenoxy) is 1. The molecule has 0 spiro atoms. The first-order chi connectivity index (χ1) is 19.1. The second kappa shape index (κ2) is 14.7. The van der Waals surface area contributed by atoms with Crippen molar-refractivity contribution in [1.82, 2.24) is 10.2 Å². The lowest BCUT2D eigenvalue weighted by molar-refractivity contribution is -0.141. The Morgan fingerprint density at radius 1 is 0.975 bits per heavy atom. The maximum absolute atomic E-state index is 13.8. The number of methoxy groups -OCH3 is 1. The van der Waals surface area contributed by atoms with E-state index < -0.39 is 16.1 Å². The highest BCUT2D eigenvalue weighted by molar-refractivity contribution is 7.92. The molecular weight excluding hydrogens is 550 g/mol. The number of hydrogen-bond acceptors (Lipinski definition) is 5. The number of halogens is 1. The first-order valence-electron chi connectivity index (χ1n) is 13.1. The molecule has 0 aliphatic carbocycles. The molecule has 10 heteroatoms. The van der Waals surface area contributed by atoms with Gasteiger partial charge in [-0.15, -0.1) is 0 Å². The number of rotatable bonds is 14. The number of carbonyl (C=O) groups is 2. The fourth-order valence-corrected chi connectivity index (χ4v) is 5.62. The zero-order valence-electron chi connectivity index (χ0n) is 23.0. The number of carbonyl (C=O) groups excluding carboxylic acids is 2. The van der Waals surface area contributed by atoms with Gasteiger partial charge in [0, 0.05) is 43.6 Å². The summed E-state index contributed by atoms with van der Waals surface area (Å²) in [6.07, 6.45) is 1.76. The third-order valence-corrected chi connectivity index (χ3v) is 7.79. The first kappa shape index (κ1) is 31.0. The second-order valence-corrected chi connectivity index (χ2v) is 11.7. The Kier molecular flexibility index (Phi) is 11.4. The zero-order chi connectivity index (χ0) is 29.1. The van der Waals surface area contributed by atoms with E-state index in [1.807, 2.05) is 43.3 Å². The first-order valence-corrected chi connectivity index (χ1v) is 15.3. The van der Waals surface area contributed by atoms with Crippen LogP contribution in [0.4, 0.5) is 5.69 Å². The number of nitrogens with one attached hydrogen (secondary N) is 1. The Morgan fingerprint density at radius 3 is 2.33 bits per heavy atom. The lowest BCUT2D eigenvalue weighted by atomic mass is 10.0. The van der Waals surface area contributed by atoms with Crippen LogP contribution in [-0.4, -0.2) is 57.6 Å². The summed E-state index contributed by atoms with van der Waals surface area (Å²) in [6, 6.07) is 22.7. The molecule has 0 radical (unpaired) electrons. The van der Waals surface area contributed by atoms with Gasteiger partial charge in [-0.1, -0.05) is 60.1 Å². The molecule has 1 unspecified atom stereocenters. The van der Waals surface area contributed by atoms with Gasteiger partial charge in [0.25, 0.3) is 0 Å². The zero-order valence-corrected chi connectivity index (χ0v) is 24.6. The van der Waals surface area contributed by atoms with E-state index in [2.05, 4.69) is 5.32 Å². The van der Waals surface area contributed by atoms with E-state index in [0.29, 0.717) is 29.4 Å². The van der Waals surface area contributed by atoms with E-state index >= 15 is 0 Å². The molecule has 1 atom stereocenters. The van der Waals surface area contributed by atoms with E-state index in [1.54, 1.807) is 47.4 Å². The van der Waals surface area contributed by atoms with Crippen LogP contribution in [0.15, 0.2) is 78.9 Å². The van der Waals surface area contributed by atoms with Crippen LogP contribution in [0.2, 0.25) is 5.02 Å². The van der Waals surface area contributed by atoms with Gasteiger partial charge in [0.05, 0.1) is 19.1 Å². The van der Waals surface area contributed by atoms with E-state index in [9.17, 15) is 18.0 Å². The van der Waals surface area contributed by atoms with Gasteiger partial charge in [-0.25, -0.2) is 8.42 Å². The summed E-state index contributed by atoms with van der Waals surface area (Å²) in [6.45, 7) is 2.53. The van der Waals surface area contributed by atoms with Gasteiger partial charge < -0.3 is 15.0 Å². The molecule has 40 heavy (non-hydrogen) atoms. The molecule has 0 saturated carbocycles. The van der Waals surface area contributed by atoms with Gasteiger partial charge in [0.1, 0.15) is 11.8 Å². The Labute approximate surface area is 241 Å². The van der Waals surface area contributed by atoms with Crippen molar-refractivity contribution in [2.45, 2.75) is 38.8 Å². The molecule has 0 aliphatic rings. The van der Waals surface area contributed by atoms with Crippen molar-refractivity contribution in [1.29, 1.82) is 0 Å². The fourth-order valence-electron chi connectivity index (χ4n) is 4.45. The molecule has 3 aromatic rings. The van der Waals surface area contributed by atoms with E-state index in [4.69, 9.17) is 16.3 Å². The summed E-state index contributed by atoms with van der Waals surface area (Å²) >= 11 is 6.22. The number of benzene rings is 3. The monoisotopic (exact) mass is 585 g/mol. The Morgan fingerprint density at radius 2 is 1.68 bits per heavy atom. The van der Waals surface area contributed by atoms with E-state index in [1.165, 1.54) is 11.4 Å². The third kappa shape index (κ3) is 8.99. The van der Waals surface area contributed by atoms with Crippen molar-refractivity contribution in [2.75, 3.05) is 30.8 Å². The number of hydrogen-bond donors (Lipinski definition) is 1. The number of amides is 2. The van der Waals surface area contributed by atoms with E-state index in [0.717, 1.165) is 17.4 Å². The maximum atomic E-state index is 13.8. The quantitative estimate of drug-likeness (QED) is 0.297. The second-order valence-electron chi connectivity index (χ2n) is 9.39. The SMILES string of the molecule is CCNC(=O)C(Cc1ccccc1)N(Cc1cccc(Cl)c1)C(=O)CCCN(c1cccc(OC)c1)S(C)(=O)=O. The van der Waals surface area contributed by atoms with Crippen LogP contribution in [0, 0.1) is 0 Å². The van der Waals surface area contributed by atoms with Crippen LogP contribution in [0.3, 0.4) is 0 Å². The summed E-state index contributed by atoms with van der Waals surface area (Å²) in [5.41, 5.74) is 2.16. The number of likely N-dealkylation sites (N-methyl/N-ethyl adjacent to an activating group) is 1. The molecule has 3 rings (SSSR count). The normalized spacial score (nSPS) is 11.9. The van der Waals surface area contributed by atoms with Crippen LogP contribution in [0.25, 0.3) is 0 Å².